The number of anilines is 1. The van der Waals surface area contributed by atoms with Gasteiger partial charge in [-0.05, 0) is 37.5 Å². The van der Waals surface area contributed by atoms with Crippen molar-refractivity contribution in [1.29, 1.82) is 0 Å². The number of benzene rings is 1. The molecule has 2 fully saturated rings. The third-order valence-corrected chi connectivity index (χ3v) is 6.42. The van der Waals surface area contributed by atoms with Gasteiger partial charge in [-0.15, -0.1) is 24.0 Å². The Labute approximate surface area is 204 Å². The number of guanidine groups is 1. The van der Waals surface area contributed by atoms with Crippen LogP contribution in [0.5, 0.6) is 0 Å². The molecule has 0 bridgehead atoms. The molecule has 2 heterocycles. The van der Waals surface area contributed by atoms with Crippen LogP contribution in [0.4, 0.5) is 5.69 Å². The van der Waals surface area contributed by atoms with Gasteiger partial charge in [0.25, 0.3) is 0 Å². The topological polar surface area (TPSA) is 63.2 Å². The highest BCUT2D eigenvalue weighted by atomic mass is 127. The van der Waals surface area contributed by atoms with Crippen molar-refractivity contribution in [1.82, 2.24) is 20.4 Å². The second-order valence-corrected chi connectivity index (χ2v) is 8.37. The number of aliphatic imine (C=N–C) groups is 1. The maximum absolute atomic E-state index is 11.9. The number of hydrogen-bond acceptors (Lipinski definition) is 4. The molecule has 1 unspecified atom stereocenters. The van der Waals surface area contributed by atoms with Gasteiger partial charge in [-0.2, -0.15) is 0 Å². The largest absolute Gasteiger partial charge is 0.369 e. The number of rotatable bonds is 6. The molecule has 8 heteroatoms. The van der Waals surface area contributed by atoms with E-state index in [4.69, 9.17) is 0 Å². The van der Waals surface area contributed by atoms with Crippen molar-refractivity contribution < 1.29 is 4.79 Å². The fraction of sp³-hybridized carbons (Fsp3) is 0.652. The Balaban J connectivity index is 0.00000341. The number of likely N-dealkylation sites (tertiary alicyclic amines) is 1. The van der Waals surface area contributed by atoms with Crippen LogP contribution in [0.1, 0.15) is 30.9 Å². The van der Waals surface area contributed by atoms with Crippen molar-refractivity contribution >= 4 is 41.5 Å². The lowest BCUT2D eigenvalue weighted by molar-refractivity contribution is -0.129. The minimum Gasteiger partial charge on any atom is -0.369 e. The molecule has 1 atom stereocenters. The Morgan fingerprint density at radius 2 is 1.90 bits per heavy atom. The number of carbonyl (C=O) groups is 1. The summed E-state index contributed by atoms with van der Waals surface area (Å²) in [5.41, 5.74) is 4.14. The molecule has 0 radical (unpaired) electrons. The van der Waals surface area contributed by atoms with Crippen molar-refractivity contribution in [3.63, 3.8) is 0 Å². The summed E-state index contributed by atoms with van der Waals surface area (Å²) in [4.78, 5) is 23.2. The van der Waals surface area contributed by atoms with Crippen LogP contribution in [-0.2, 0) is 4.79 Å². The summed E-state index contributed by atoms with van der Waals surface area (Å²) in [5.74, 6) is 1.07. The van der Waals surface area contributed by atoms with Crippen molar-refractivity contribution in [3.8, 4) is 0 Å². The minimum absolute atomic E-state index is 0. The predicted octanol–water partition coefficient (Wildman–Crippen LogP) is 2.22. The van der Waals surface area contributed by atoms with E-state index < -0.39 is 0 Å². The quantitative estimate of drug-likeness (QED) is 0.328. The molecular weight excluding hydrogens is 503 g/mol. The van der Waals surface area contributed by atoms with Gasteiger partial charge in [0.2, 0.25) is 5.91 Å². The molecule has 0 spiro atoms. The number of carbonyl (C=O) groups excluding carboxylic acids is 1. The molecule has 174 valence electrons. The highest BCUT2D eigenvalue weighted by Crippen LogP contribution is 2.23. The van der Waals surface area contributed by atoms with Crippen LogP contribution >= 0.6 is 24.0 Å². The van der Waals surface area contributed by atoms with Crippen LogP contribution in [0.2, 0.25) is 0 Å². The Morgan fingerprint density at radius 3 is 2.58 bits per heavy atom. The molecule has 2 N–H and O–H groups in total. The van der Waals surface area contributed by atoms with Gasteiger partial charge < -0.3 is 20.4 Å². The first kappa shape index (κ1) is 25.7. The maximum Gasteiger partial charge on any atom is 0.222 e. The summed E-state index contributed by atoms with van der Waals surface area (Å²) < 4.78 is 0. The van der Waals surface area contributed by atoms with E-state index in [2.05, 4.69) is 57.5 Å². The van der Waals surface area contributed by atoms with Crippen molar-refractivity contribution in [2.24, 2.45) is 4.99 Å². The summed E-state index contributed by atoms with van der Waals surface area (Å²) in [6.07, 6.45) is 1.56. The van der Waals surface area contributed by atoms with Crippen LogP contribution in [0.15, 0.2) is 23.2 Å². The van der Waals surface area contributed by atoms with E-state index in [-0.39, 0.29) is 35.9 Å². The molecule has 1 amide bonds. The van der Waals surface area contributed by atoms with E-state index in [9.17, 15) is 4.79 Å². The van der Waals surface area contributed by atoms with Crippen molar-refractivity contribution in [2.75, 3.05) is 64.3 Å². The standard InChI is InChI=1S/C23H38N6O.HI/c1-5-22(30)29-11-9-20(17-29)26-23(24-4)25-10-12-27-13-15-28(16-14-27)21-8-6-7-18(2)19(21)3;/h6-8,20H,5,9-17H2,1-4H3,(H2,24,25,26);1H. The highest BCUT2D eigenvalue weighted by Gasteiger charge is 2.26. The smallest absolute Gasteiger partial charge is 0.222 e. The molecule has 2 saturated heterocycles. The summed E-state index contributed by atoms with van der Waals surface area (Å²) in [6.45, 7) is 14.1. The fourth-order valence-electron chi connectivity index (χ4n) is 4.34. The predicted molar refractivity (Wildman–Crippen MR) is 140 cm³/mol. The molecule has 0 saturated carbocycles. The summed E-state index contributed by atoms with van der Waals surface area (Å²) >= 11 is 0. The van der Waals surface area contributed by atoms with Crippen LogP contribution in [0.25, 0.3) is 0 Å². The first-order valence-electron chi connectivity index (χ1n) is 11.3. The molecule has 0 aliphatic carbocycles. The van der Waals surface area contributed by atoms with Crippen molar-refractivity contribution in [3.05, 3.63) is 29.3 Å². The fourth-order valence-corrected chi connectivity index (χ4v) is 4.34. The number of piperazine rings is 1. The normalized spacial score (nSPS) is 19.9. The number of amides is 1. The molecular formula is C23H39IN6O. The van der Waals surface area contributed by atoms with Crippen LogP contribution in [0, 0.1) is 13.8 Å². The van der Waals surface area contributed by atoms with Gasteiger partial charge in [-0.1, -0.05) is 19.1 Å². The molecule has 3 rings (SSSR count). The third kappa shape index (κ3) is 6.97. The number of halogens is 1. The number of nitrogens with zero attached hydrogens (tertiary/aromatic N) is 4. The molecule has 1 aromatic rings. The third-order valence-electron chi connectivity index (χ3n) is 6.42. The van der Waals surface area contributed by atoms with Gasteiger partial charge in [0, 0.05) is 77.6 Å². The Bertz CT molecular complexity index is 748. The van der Waals surface area contributed by atoms with Crippen molar-refractivity contribution in [2.45, 2.75) is 39.7 Å². The molecule has 31 heavy (non-hydrogen) atoms. The number of hydrogen-bond donors (Lipinski definition) is 2. The summed E-state index contributed by atoms with van der Waals surface area (Å²) in [5, 5.41) is 6.91. The van der Waals surface area contributed by atoms with Crippen LogP contribution < -0.4 is 15.5 Å². The minimum atomic E-state index is 0. The monoisotopic (exact) mass is 542 g/mol. The Hall–Kier alpha value is -1.55. The summed E-state index contributed by atoms with van der Waals surface area (Å²) in [7, 11) is 1.81. The zero-order valence-corrected chi connectivity index (χ0v) is 21.8. The lowest BCUT2D eigenvalue weighted by Crippen LogP contribution is -2.50. The second kappa shape index (κ2) is 12.5. The van der Waals surface area contributed by atoms with E-state index in [1.165, 1.54) is 16.8 Å². The van der Waals surface area contributed by atoms with Gasteiger partial charge in [0.1, 0.15) is 0 Å². The Morgan fingerprint density at radius 1 is 1.16 bits per heavy atom. The van der Waals surface area contributed by atoms with Gasteiger partial charge in [0.05, 0.1) is 0 Å². The zero-order chi connectivity index (χ0) is 21.5. The van der Waals surface area contributed by atoms with Crippen LogP contribution in [0.3, 0.4) is 0 Å². The second-order valence-electron chi connectivity index (χ2n) is 8.37. The average Bonchev–Trinajstić information content (AvgIpc) is 3.23. The molecule has 2 aliphatic heterocycles. The van der Waals surface area contributed by atoms with Crippen LogP contribution in [-0.4, -0.2) is 87.1 Å². The number of nitrogens with one attached hydrogen (secondary N) is 2. The van der Waals surface area contributed by atoms with E-state index in [1.807, 2.05) is 18.9 Å². The SMILES string of the molecule is CCC(=O)N1CCC(NC(=NC)NCCN2CCN(c3cccc(C)c3C)CC2)C1.I. The van der Waals surface area contributed by atoms with Gasteiger partial charge in [0.15, 0.2) is 5.96 Å². The number of aryl methyl sites for hydroxylation is 1. The Kier molecular flexibility index (Phi) is 10.3. The lowest BCUT2D eigenvalue weighted by Gasteiger charge is -2.37. The van der Waals surface area contributed by atoms with E-state index >= 15 is 0 Å². The average molecular weight is 543 g/mol. The zero-order valence-electron chi connectivity index (χ0n) is 19.5. The maximum atomic E-state index is 11.9. The lowest BCUT2D eigenvalue weighted by atomic mass is 10.1. The van der Waals surface area contributed by atoms with E-state index in [1.54, 1.807) is 0 Å². The van der Waals surface area contributed by atoms with E-state index in [0.29, 0.717) is 6.42 Å². The van der Waals surface area contributed by atoms with Gasteiger partial charge >= 0.3 is 0 Å². The molecule has 0 aromatic heterocycles. The van der Waals surface area contributed by atoms with E-state index in [0.717, 1.165) is 64.7 Å². The molecule has 7 nitrogen and oxygen atoms in total. The first-order valence-corrected chi connectivity index (χ1v) is 11.3. The molecule has 2 aliphatic rings. The summed E-state index contributed by atoms with van der Waals surface area (Å²) in [6, 6.07) is 6.88. The highest BCUT2D eigenvalue weighted by molar-refractivity contribution is 14.0. The molecule has 1 aromatic carbocycles. The van der Waals surface area contributed by atoms with Gasteiger partial charge in [-0.25, -0.2) is 0 Å². The van der Waals surface area contributed by atoms with Gasteiger partial charge in [-0.3, -0.25) is 14.7 Å². The first-order chi connectivity index (χ1) is 14.5.